The second-order valence-electron chi connectivity index (χ2n) is 2.75. The first kappa shape index (κ1) is 11.9. The minimum absolute atomic E-state index is 0.255. The van der Waals surface area contributed by atoms with Gasteiger partial charge in [-0.05, 0) is 39.0 Å². The molecule has 2 N–H and O–H groups in total. The van der Waals surface area contributed by atoms with E-state index in [2.05, 4.69) is 36.4 Å². The lowest BCUT2D eigenvalue weighted by Crippen LogP contribution is -2.14. The van der Waals surface area contributed by atoms with Gasteiger partial charge in [-0.2, -0.15) is 0 Å². The molecular weight excluding hydrogens is 265 g/mol. The highest BCUT2D eigenvalue weighted by molar-refractivity contribution is 14.1. The average Bonchev–Trinajstić information content (AvgIpc) is 1.99. The summed E-state index contributed by atoms with van der Waals surface area (Å²) in [6, 6.07) is 0. The molecule has 0 aromatic carbocycles. The zero-order chi connectivity index (χ0) is 9.56. The van der Waals surface area contributed by atoms with Crippen LogP contribution in [0.25, 0.3) is 0 Å². The van der Waals surface area contributed by atoms with E-state index >= 15 is 0 Å². The number of allylic oxidation sites excluding steroid dienone is 1. The summed E-state index contributed by atoms with van der Waals surface area (Å²) in [7, 11) is 0. The molecule has 0 aromatic rings. The van der Waals surface area contributed by atoms with Crippen molar-refractivity contribution in [2.45, 2.75) is 39.5 Å². The fraction of sp³-hybridized carbons (Fsp3) is 0.667. The van der Waals surface area contributed by atoms with E-state index in [0.29, 0.717) is 0 Å². The topological polar surface area (TPSA) is 43.1 Å². The molecule has 3 heteroatoms. The van der Waals surface area contributed by atoms with E-state index in [9.17, 15) is 4.79 Å². The van der Waals surface area contributed by atoms with Gasteiger partial charge in [0.25, 0.3) is 0 Å². The zero-order valence-electron chi connectivity index (χ0n) is 7.69. The largest absolute Gasteiger partial charge is 0.366 e. The summed E-state index contributed by atoms with van der Waals surface area (Å²) < 4.78 is 1.13. The summed E-state index contributed by atoms with van der Waals surface area (Å²) in [6.07, 6.45) is 3.83. The molecule has 12 heavy (non-hydrogen) atoms. The van der Waals surface area contributed by atoms with Gasteiger partial charge in [0.1, 0.15) is 0 Å². The van der Waals surface area contributed by atoms with Gasteiger partial charge in [-0.25, -0.2) is 0 Å². The van der Waals surface area contributed by atoms with Crippen LogP contribution >= 0.6 is 22.6 Å². The molecule has 0 radical (unpaired) electrons. The molecule has 0 rings (SSSR count). The molecule has 0 bridgehead atoms. The Labute approximate surface area is 87.7 Å². The molecule has 0 aromatic heterocycles. The monoisotopic (exact) mass is 281 g/mol. The maximum absolute atomic E-state index is 11.0. The van der Waals surface area contributed by atoms with Crippen molar-refractivity contribution in [2.75, 3.05) is 0 Å². The second kappa shape index (κ2) is 6.46. The van der Waals surface area contributed by atoms with Gasteiger partial charge in [0.2, 0.25) is 5.91 Å². The molecular formula is C9H16INO. The normalized spacial score (nSPS) is 12.6. The first-order valence-electron chi connectivity index (χ1n) is 4.30. The third-order valence-electron chi connectivity index (χ3n) is 1.59. The molecule has 0 heterocycles. The Balaban J connectivity index is 4.43. The number of halogens is 1. The summed E-state index contributed by atoms with van der Waals surface area (Å²) in [5.41, 5.74) is 6.07. The standard InChI is InChI=1S/C9H16INO/c1-3-5-7(9(11)12)8(10)6-4-2/h3-6H2,1-2H3,(H2,11,12). The molecule has 1 amide bonds. The van der Waals surface area contributed by atoms with Crippen molar-refractivity contribution in [3.63, 3.8) is 0 Å². The van der Waals surface area contributed by atoms with Gasteiger partial charge in [0.05, 0.1) is 0 Å². The molecule has 0 saturated carbocycles. The number of nitrogens with two attached hydrogens (primary N) is 1. The Bertz CT molecular complexity index is 187. The summed E-state index contributed by atoms with van der Waals surface area (Å²) in [4.78, 5) is 11.0. The summed E-state index contributed by atoms with van der Waals surface area (Å²) in [6.45, 7) is 4.15. The summed E-state index contributed by atoms with van der Waals surface area (Å²) >= 11 is 2.22. The van der Waals surface area contributed by atoms with Crippen LogP contribution in [0.1, 0.15) is 39.5 Å². The maximum Gasteiger partial charge on any atom is 0.245 e. The number of rotatable bonds is 5. The van der Waals surface area contributed by atoms with Crippen LogP contribution in [0.4, 0.5) is 0 Å². The van der Waals surface area contributed by atoms with Gasteiger partial charge in [-0.1, -0.05) is 26.7 Å². The van der Waals surface area contributed by atoms with Crippen LogP contribution in [-0.4, -0.2) is 5.91 Å². The fourth-order valence-electron chi connectivity index (χ4n) is 1.01. The molecule has 0 fully saturated rings. The first-order chi connectivity index (χ1) is 5.63. The number of primary amides is 1. The van der Waals surface area contributed by atoms with Crippen molar-refractivity contribution in [2.24, 2.45) is 5.73 Å². The van der Waals surface area contributed by atoms with Gasteiger partial charge in [0, 0.05) is 5.57 Å². The molecule has 0 aliphatic heterocycles. The van der Waals surface area contributed by atoms with Crippen molar-refractivity contribution in [3.05, 3.63) is 9.15 Å². The van der Waals surface area contributed by atoms with E-state index in [1.165, 1.54) is 0 Å². The van der Waals surface area contributed by atoms with Crippen molar-refractivity contribution in [1.82, 2.24) is 0 Å². The highest BCUT2D eigenvalue weighted by Gasteiger charge is 2.08. The van der Waals surface area contributed by atoms with E-state index < -0.39 is 0 Å². The number of carbonyl (C=O) groups excluding carboxylic acids is 1. The molecule has 0 aliphatic rings. The maximum atomic E-state index is 11.0. The molecule has 0 unspecified atom stereocenters. The SMILES string of the molecule is CCCC(I)=C(CCC)C(N)=O. The minimum Gasteiger partial charge on any atom is -0.366 e. The molecule has 0 aliphatic carbocycles. The van der Waals surface area contributed by atoms with Crippen LogP contribution < -0.4 is 5.73 Å². The van der Waals surface area contributed by atoms with Crippen LogP contribution in [-0.2, 0) is 4.79 Å². The Morgan fingerprint density at radius 3 is 2.08 bits per heavy atom. The van der Waals surface area contributed by atoms with E-state index in [1.807, 2.05) is 0 Å². The molecule has 2 nitrogen and oxygen atoms in total. The lowest BCUT2D eigenvalue weighted by molar-refractivity contribution is -0.114. The zero-order valence-corrected chi connectivity index (χ0v) is 9.85. The second-order valence-corrected chi connectivity index (χ2v) is 4.05. The molecule has 0 saturated heterocycles. The van der Waals surface area contributed by atoms with Gasteiger partial charge in [-0.15, -0.1) is 0 Å². The van der Waals surface area contributed by atoms with E-state index in [1.54, 1.807) is 0 Å². The van der Waals surface area contributed by atoms with Gasteiger partial charge in [0.15, 0.2) is 0 Å². The fourth-order valence-corrected chi connectivity index (χ4v) is 2.09. The van der Waals surface area contributed by atoms with Crippen LogP contribution in [0.3, 0.4) is 0 Å². The van der Waals surface area contributed by atoms with Crippen LogP contribution in [0.5, 0.6) is 0 Å². The van der Waals surface area contributed by atoms with Crippen molar-refractivity contribution >= 4 is 28.5 Å². The minimum atomic E-state index is -0.255. The van der Waals surface area contributed by atoms with Crippen molar-refractivity contribution < 1.29 is 4.79 Å². The lowest BCUT2D eigenvalue weighted by Gasteiger charge is -2.04. The number of carbonyl (C=O) groups is 1. The highest BCUT2D eigenvalue weighted by Crippen LogP contribution is 2.21. The summed E-state index contributed by atoms with van der Waals surface area (Å²) in [5, 5.41) is 0. The predicted octanol–water partition coefficient (Wildman–Crippen LogP) is 2.76. The number of hydrogen-bond donors (Lipinski definition) is 1. The Hall–Kier alpha value is -0.0600. The van der Waals surface area contributed by atoms with Crippen molar-refractivity contribution in [1.29, 1.82) is 0 Å². The predicted molar refractivity (Wildman–Crippen MR) is 60.1 cm³/mol. The van der Waals surface area contributed by atoms with Crippen LogP contribution in [0.15, 0.2) is 9.15 Å². The summed E-state index contributed by atoms with van der Waals surface area (Å²) in [5.74, 6) is -0.255. The lowest BCUT2D eigenvalue weighted by atomic mass is 10.1. The third-order valence-corrected chi connectivity index (χ3v) is 2.78. The average molecular weight is 281 g/mol. The first-order valence-corrected chi connectivity index (χ1v) is 5.38. The quantitative estimate of drug-likeness (QED) is 0.611. The molecule has 0 spiro atoms. The number of amides is 1. The Morgan fingerprint density at radius 1 is 1.25 bits per heavy atom. The van der Waals surface area contributed by atoms with E-state index in [4.69, 9.17) is 5.73 Å². The van der Waals surface area contributed by atoms with E-state index in [-0.39, 0.29) is 5.91 Å². The van der Waals surface area contributed by atoms with Crippen LogP contribution in [0, 0.1) is 0 Å². The van der Waals surface area contributed by atoms with Gasteiger partial charge < -0.3 is 5.73 Å². The van der Waals surface area contributed by atoms with E-state index in [0.717, 1.165) is 34.8 Å². The van der Waals surface area contributed by atoms with Crippen molar-refractivity contribution in [3.8, 4) is 0 Å². The molecule has 0 atom stereocenters. The Morgan fingerprint density at radius 2 is 1.75 bits per heavy atom. The number of hydrogen-bond acceptors (Lipinski definition) is 1. The smallest absolute Gasteiger partial charge is 0.245 e. The van der Waals surface area contributed by atoms with Gasteiger partial charge in [-0.3, -0.25) is 4.79 Å². The highest BCUT2D eigenvalue weighted by atomic mass is 127. The third kappa shape index (κ3) is 4.09. The molecule has 70 valence electrons. The van der Waals surface area contributed by atoms with Gasteiger partial charge >= 0.3 is 0 Å². The van der Waals surface area contributed by atoms with Crippen LogP contribution in [0.2, 0.25) is 0 Å². The Kier molecular flexibility index (Phi) is 6.42.